The van der Waals surface area contributed by atoms with Gasteiger partial charge in [-0.3, -0.25) is 9.69 Å². The standard InChI is InChI=1S/C23H33N5O2/c1-17-9-13-27(14-10-17)22(29)18(2)26-15-11-19(12-16-26)21-24-25(3)23(30)28(21)20-7-5-4-6-8-20/h4-8,17-19H,9-16H2,1-3H3. The van der Waals surface area contributed by atoms with Gasteiger partial charge in [-0.1, -0.05) is 25.1 Å². The summed E-state index contributed by atoms with van der Waals surface area (Å²) in [5.74, 6) is 2.03. The fourth-order valence-corrected chi connectivity index (χ4v) is 4.76. The molecular weight excluding hydrogens is 378 g/mol. The summed E-state index contributed by atoms with van der Waals surface area (Å²) in [6.07, 6.45) is 4.02. The normalized spacial score (nSPS) is 20.4. The smallest absolute Gasteiger partial charge is 0.341 e. The molecule has 3 heterocycles. The molecule has 0 saturated carbocycles. The molecule has 2 aromatic rings. The van der Waals surface area contributed by atoms with Crippen LogP contribution < -0.4 is 5.69 Å². The quantitative estimate of drug-likeness (QED) is 0.775. The first kappa shape index (κ1) is 20.8. The van der Waals surface area contributed by atoms with Crippen molar-refractivity contribution in [2.75, 3.05) is 26.2 Å². The second kappa shape index (κ2) is 8.76. The average Bonchev–Trinajstić information content (AvgIpc) is 3.08. The van der Waals surface area contributed by atoms with Crippen molar-refractivity contribution >= 4 is 5.91 Å². The summed E-state index contributed by atoms with van der Waals surface area (Å²) >= 11 is 0. The number of aryl methyl sites for hydroxylation is 1. The number of hydrogen-bond acceptors (Lipinski definition) is 4. The largest absolute Gasteiger partial charge is 0.350 e. The molecule has 0 N–H and O–H groups in total. The molecule has 30 heavy (non-hydrogen) atoms. The van der Waals surface area contributed by atoms with E-state index < -0.39 is 0 Å². The number of amides is 1. The molecule has 2 aliphatic rings. The Hall–Kier alpha value is -2.41. The molecule has 0 spiro atoms. The number of para-hydroxylation sites is 1. The van der Waals surface area contributed by atoms with Gasteiger partial charge in [0.25, 0.3) is 0 Å². The zero-order valence-electron chi connectivity index (χ0n) is 18.3. The molecule has 1 aromatic carbocycles. The van der Waals surface area contributed by atoms with Crippen LogP contribution in [0.3, 0.4) is 0 Å². The Labute approximate surface area is 178 Å². The molecule has 0 aliphatic carbocycles. The summed E-state index contributed by atoms with van der Waals surface area (Å²) in [7, 11) is 1.71. The summed E-state index contributed by atoms with van der Waals surface area (Å²) in [6.45, 7) is 7.78. The van der Waals surface area contributed by atoms with Crippen LogP contribution in [0.25, 0.3) is 5.69 Å². The third-order valence-corrected chi connectivity index (χ3v) is 6.86. The fraction of sp³-hybridized carbons (Fsp3) is 0.609. The Bertz CT molecular complexity index is 919. The molecule has 4 rings (SSSR count). The number of nitrogens with zero attached hydrogens (tertiary/aromatic N) is 5. The summed E-state index contributed by atoms with van der Waals surface area (Å²) < 4.78 is 3.17. The molecule has 1 aromatic heterocycles. The second-order valence-electron chi connectivity index (χ2n) is 8.93. The predicted octanol–water partition coefficient (Wildman–Crippen LogP) is 2.40. The van der Waals surface area contributed by atoms with E-state index in [2.05, 4.69) is 16.9 Å². The first-order chi connectivity index (χ1) is 14.5. The maximum absolute atomic E-state index is 13.0. The van der Waals surface area contributed by atoms with Crippen LogP contribution in [0.2, 0.25) is 0 Å². The Morgan fingerprint density at radius 3 is 2.30 bits per heavy atom. The van der Waals surface area contributed by atoms with E-state index in [9.17, 15) is 9.59 Å². The average molecular weight is 412 g/mol. The van der Waals surface area contributed by atoms with Crippen molar-refractivity contribution in [2.24, 2.45) is 13.0 Å². The van der Waals surface area contributed by atoms with Gasteiger partial charge in [0.15, 0.2) is 0 Å². The van der Waals surface area contributed by atoms with Gasteiger partial charge in [-0.25, -0.2) is 14.0 Å². The maximum atomic E-state index is 13.0. The first-order valence-electron chi connectivity index (χ1n) is 11.2. The van der Waals surface area contributed by atoms with E-state index >= 15 is 0 Å². The lowest BCUT2D eigenvalue weighted by Crippen LogP contribution is -2.51. The van der Waals surface area contributed by atoms with E-state index in [1.54, 1.807) is 11.6 Å². The van der Waals surface area contributed by atoms with Crippen molar-refractivity contribution in [3.8, 4) is 5.69 Å². The molecule has 2 aliphatic heterocycles. The number of benzene rings is 1. The van der Waals surface area contributed by atoms with Gasteiger partial charge in [0.1, 0.15) is 5.82 Å². The number of aromatic nitrogens is 3. The number of carbonyl (C=O) groups is 1. The van der Waals surface area contributed by atoms with Gasteiger partial charge >= 0.3 is 5.69 Å². The van der Waals surface area contributed by atoms with Crippen molar-refractivity contribution in [1.29, 1.82) is 0 Å². The van der Waals surface area contributed by atoms with Gasteiger partial charge in [-0.05, 0) is 63.7 Å². The van der Waals surface area contributed by atoms with Gasteiger partial charge < -0.3 is 4.90 Å². The Morgan fingerprint density at radius 1 is 1.03 bits per heavy atom. The highest BCUT2D eigenvalue weighted by Crippen LogP contribution is 2.29. The minimum absolute atomic E-state index is 0.0839. The molecule has 1 unspecified atom stereocenters. The third kappa shape index (κ3) is 4.08. The van der Waals surface area contributed by atoms with Crippen molar-refractivity contribution < 1.29 is 4.79 Å². The van der Waals surface area contributed by atoms with E-state index in [0.29, 0.717) is 0 Å². The molecule has 2 saturated heterocycles. The Kier molecular flexibility index (Phi) is 6.09. The molecule has 7 heteroatoms. The second-order valence-corrected chi connectivity index (χ2v) is 8.93. The number of piperidine rings is 2. The minimum atomic E-state index is -0.110. The zero-order valence-corrected chi connectivity index (χ0v) is 18.3. The van der Waals surface area contributed by atoms with Crippen LogP contribution in [0.4, 0.5) is 0 Å². The molecule has 1 atom stereocenters. The highest BCUT2D eigenvalue weighted by atomic mass is 16.2. The topological polar surface area (TPSA) is 63.4 Å². The molecule has 162 valence electrons. The number of rotatable bonds is 4. The lowest BCUT2D eigenvalue weighted by atomic mass is 9.94. The van der Waals surface area contributed by atoms with E-state index in [-0.39, 0.29) is 23.6 Å². The SMILES string of the molecule is CC1CCN(C(=O)C(C)N2CCC(c3nn(C)c(=O)n3-c3ccccc3)CC2)CC1. The van der Waals surface area contributed by atoms with Crippen LogP contribution in [0.5, 0.6) is 0 Å². The fourth-order valence-electron chi connectivity index (χ4n) is 4.76. The Balaban J connectivity index is 1.43. The summed E-state index contributed by atoms with van der Waals surface area (Å²) in [5.41, 5.74) is 0.748. The summed E-state index contributed by atoms with van der Waals surface area (Å²) in [6, 6.07) is 9.64. The van der Waals surface area contributed by atoms with Crippen molar-refractivity contribution in [2.45, 2.75) is 51.5 Å². The zero-order chi connectivity index (χ0) is 21.3. The highest BCUT2D eigenvalue weighted by Gasteiger charge is 2.33. The Morgan fingerprint density at radius 2 is 1.67 bits per heavy atom. The van der Waals surface area contributed by atoms with Crippen LogP contribution >= 0.6 is 0 Å². The van der Waals surface area contributed by atoms with Crippen LogP contribution in [0, 0.1) is 5.92 Å². The van der Waals surface area contributed by atoms with Gasteiger partial charge in [0.2, 0.25) is 5.91 Å². The van der Waals surface area contributed by atoms with Crippen molar-refractivity contribution in [1.82, 2.24) is 24.1 Å². The first-order valence-corrected chi connectivity index (χ1v) is 11.2. The number of hydrogen-bond donors (Lipinski definition) is 0. The van der Waals surface area contributed by atoms with Crippen molar-refractivity contribution in [3.05, 3.63) is 46.6 Å². The van der Waals surface area contributed by atoms with E-state index in [0.717, 1.165) is 69.3 Å². The lowest BCUT2D eigenvalue weighted by molar-refractivity contribution is -0.138. The van der Waals surface area contributed by atoms with E-state index in [1.807, 2.05) is 42.2 Å². The molecular formula is C23H33N5O2. The molecule has 1 amide bonds. The highest BCUT2D eigenvalue weighted by molar-refractivity contribution is 5.81. The van der Waals surface area contributed by atoms with Crippen LogP contribution in [-0.2, 0) is 11.8 Å². The monoisotopic (exact) mass is 411 g/mol. The predicted molar refractivity (Wildman–Crippen MR) is 117 cm³/mol. The number of carbonyl (C=O) groups excluding carboxylic acids is 1. The summed E-state index contributed by atoms with van der Waals surface area (Å²) in [4.78, 5) is 30.0. The molecule has 7 nitrogen and oxygen atoms in total. The third-order valence-electron chi connectivity index (χ3n) is 6.86. The molecule has 0 radical (unpaired) electrons. The van der Waals surface area contributed by atoms with Gasteiger partial charge in [-0.15, -0.1) is 0 Å². The van der Waals surface area contributed by atoms with Crippen LogP contribution in [0.15, 0.2) is 35.1 Å². The van der Waals surface area contributed by atoms with Crippen LogP contribution in [0.1, 0.15) is 51.3 Å². The minimum Gasteiger partial charge on any atom is -0.341 e. The van der Waals surface area contributed by atoms with Crippen LogP contribution in [-0.4, -0.2) is 62.3 Å². The maximum Gasteiger partial charge on any atom is 0.350 e. The van der Waals surface area contributed by atoms with Gasteiger partial charge in [0.05, 0.1) is 11.7 Å². The molecule has 2 fully saturated rings. The lowest BCUT2D eigenvalue weighted by Gasteiger charge is -2.38. The van der Waals surface area contributed by atoms with E-state index in [1.165, 1.54) is 4.68 Å². The van der Waals surface area contributed by atoms with E-state index in [4.69, 9.17) is 0 Å². The summed E-state index contributed by atoms with van der Waals surface area (Å²) in [5, 5.41) is 4.57. The number of likely N-dealkylation sites (tertiary alicyclic amines) is 2. The van der Waals surface area contributed by atoms with Gasteiger partial charge in [-0.2, -0.15) is 5.10 Å². The van der Waals surface area contributed by atoms with Crippen molar-refractivity contribution in [3.63, 3.8) is 0 Å². The van der Waals surface area contributed by atoms with Gasteiger partial charge in [0, 0.05) is 26.1 Å². The molecule has 0 bridgehead atoms.